The number of benzene rings is 1. The van der Waals surface area contributed by atoms with Crippen LogP contribution in [0, 0.1) is 6.92 Å². The average Bonchev–Trinajstić information content (AvgIpc) is 2.41. The molecule has 1 aromatic carbocycles. The molecule has 0 amide bonds. The van der Waals surface area contributed by atoms with Crippen LogP contribution >= 0.6 is 0 Å². The molecule has 0 bridgehead atoms. The second-order valence-corrected chi connectivity index (χ2v) is 4.79. The summed E-state index contributed by atoms with van der Waals surface area (Å²) < 4.78 is 11.0. The molecule has 0 heterocycles. The Labute approximate surface area is 117 Å². The third-order valence-electron chi connectivity index (χ3n) is 3.02. The Morgan fingerprint density at radius 3 is 2.68 bits per heavy atom. The molecule has 0 saturated carbocycles. The minimum atomic E-state index is 0.759. The van der Waals surface area contributed by atoms with Crippen LogP contribution in [0.5, 0.6) is 5.75 Å². The zero-order chi connectivity index (χ0) is 13.9. The molecule has 3 heteroatoms. The summed E-state index contributed by atoms with van der Waals surface area (Å²) in [6, 6.07) is 6.34. The number of aryl methyl sites for hydroxylation is 1. The fourth-order valence-corrected chi connectivity index (χ4v) is 1.98. The molecular weight excluding hydrogens is 238 g/mol. The van der Waals surface area contributed by atoms with Crippen LogP contribution in [0.15, 0.2) is 18.2 Å². The van der Waals surface area contributed by atoms with Crippen LogP contribution in [0.4, 0.5) is 0 Å². The van der Waals surface area contributed by atoms with Crippen molar-refractivity contribution in [1.29, 1.82) is 0 Å². The summed E-state index contributed by atoms with van der Waals surface area (Å²) in [6.07, 6.45) is 3.23. The third-order valence-corrected chi connectivity index (χ3v) is 3.02. The van der Waals surface area contributed by atoms with Gasteiger partial charge in [0.25, 0.3) is 0 Å². The van der Waals surface area contributed by atoms with E-state index >= 15 is 0 Å². The standard InChI is InChI=1S/C16H27NO2/c1-4-10-17-13-15-9-7-8-14(2)16(15)19-12-6-5-11-18-3/h7-9,17H,4-6,10-13H2,1-3H3. The first-order chi connectivity index (χ1) is 9.29. The van der Waals surface area contributed by atoms with Crippen molar-refractivity contribution in [1.82, 2.24) is 5.32 Å². The van der Waals surface area contributed by atoms with Gasteiger partial charge in [-0.25, -0.2) is 0 Å². The number of hydrogen-bond donors (Lipinski definition) is 1. The zero-order valence-corrected chi connectivity index (χ0v) is 12.5. The molecule has 1 N–H and O–H groups in total. The Balaban J connectivity index is 2.49. The topological polar surface area (TPSA) is 30.5 Å². The second kappa shape index (κ2) is 9.82. The molecule has 0 aliphatic heterocycles. The summed E-state index contributed by atoms with van der Waals surface area (Å²) in [5, 5.41) is 3.43. The summed E-state index contributed by atoms with van der Waals surface area (Å²) in [5.41, 5.74) is 2.46. The summed E-state index contributed by atoms with van der Waals surface area (Å²) >= 11 is 0. The van der Waals surface area contributed by atoms with Crippen LogP contribution < -0.4 is 10.1 Å². The van der Waals surface area contributed by atoms with Gasteiger partial charge >= 0.3 is 0 Å². The van der Waals surface area contributed by atoms with E-state index in [0.29, 0.717) is 0 Å². The summed E-state index contributed by atoms with van der Waals surface area (Å²) in [6.45, 7) is 7.77. The number of unbranched alkanes of at least 4 members (excludes halogenated alkanes) is 1. The number of nitrogens with one attached hydrogen (secondary N) is 1. The number of hydrogen-bond acceptors (Lipinski definition) is 3. The number of rotatable bonds is 10. The first-order valence-electron chi connectivity index (χ1n) is 7.20. The molecule has 1 aromatic rings. The molecule has 1 rings (SSSR count). The van der Waals surface area contributed by atoms with Gasteiger partial charge in [0.2, 0.25) is 0 Å². The van der Waals surface area contributed by atoms with Gasteiger partial charge in [0.05, 0.1) is 6.61 Å². The van der Waals surface area contributed by atoms with Gasteiger partial charge in [0.1, 0.15) is 5.75 Å². The van der Waals surface area contributed by atoms with Gasteiger partial charge in [-0.05, 0) is 38.3 Å². The van der Waals surface area contributed by atoms with E-state index in [1.165, 1.54) is 11.1 Å². The van der Waals surface area contributed by atoms with Crippen molar-refractivity contribution < 1.29 is 9.47 Å². The predicted octanol–water partition coefficient (Wildman–Crippen LogP) is 3.30. The minimum Gasteiger partial charge on any atom is -0.493 e. The molecule has 0 radical (unpaired) electrons. The average molecular weight is 265 g/mol. The fraction of sp³-hybridized carbons (Fsp3) is 0.625. The van der Waals surface area contributed by atoms with Crippen molar-refractivity contribution in [3.8, 4) is 5.75 Å². The lowest BCUT2D eigenvalue weighted by Crippen LogP contribution is -2.15. The van der Waals surface area contributed by atoms with Crippen molar-refractivity contribution in [2.75, 3.05) is 26.9 Å². The predicted molar refractivity (Wildman–Crippen MR) is 79.8 cm³/mol. The Bertz CT molecular complexity index is 353. The molecule has 0 aliphatic carbocycles. The SMILES string of the molecule is CCCNCc1cccc(C)c1OCCCCOC. The smallest absolute Gasteiger partial charge is 0.126 e. The van der Waals surface area contributed by atoms with E-state index in [2.05, 4.69) is 37.4 Å². The number of para-hydroxylation sites is 1. The van der Waals surface area contributed by atoms with Crippen LogP contribution in [0.2, 0.25) is 0 Å². The molecule has 0 unspecified atom stereocenters. The Morgan fingerprint density at radius 1 is 1.16 bits per heavy atom. The molecule has 0 fully saturated rings. The van der Waals surface area contributed by atoms with Crippen LogP contribution in [-0.2, 0) is 11.3 Å². The number of methoxy groups -OCH3 is 1. The van der Waals surface area contributed by atoms with Crippen molar-refractivity contribution >= 4 is 0 Å². The van der Waals surface area contributed by atoms with Gasteiger partial charge in [-0.1, -0.05) is 25.1 Å². The van der Waals surface area contributed by atoms with Crippen molar-refractivity contribution in [3.05, 3.63) is 29.3 Å². The van der Waals surface area contributed by atoms with Gasteiger partial charge < -0.3 is 14.8 Å². The van der Waals surface area contributed by atoms with E-state index in [-0.39, 0.29) is 0 Å². The Kier molecular flexibility index (Phi) is 8.26. The highest BCUT2D eigenvalue weighted by Crippen LogP contribution is 2.23. The van der Waals surface area contributed by atoms with E-state index in [1.807, 2.05) is 0 Å². The van der Waals surface area contributed by atoms with E-state index in [4.69, 9.17) is 9.47 Å². The molecule has 19 heavy (non-hydrogen) atoms. The maximum absolute atomic E-state index is 5.95. The molecule has 3 nitrogen and oxygen atoms in total. The molecule has 108 valence electrons. The van der Waals surface area contributed by atoms with Gasteiger partial charge in [0.15, 0.2) is 0 Å². The van der Waals surface area contributed by atoms with Gasteiger partial charge in [0, 0.05) is 25.8 Å². The van der Waals surface area contributed by atoms with E-state index in [0.717, 1.165) is 51.3 Å². The van der Waals surface area contributed by atoms with E-state index in [1.54, 1.807) is 7.11 Å². The summed E-state index contributed by atoms with van der Waals surface area (Å²) in [4.78, 5) is 0. The summed E-state index contributed by atoms with van der Waals surface area (Å²) in [5.74, 6) is 1.04. The third kappa shape index (κ3) is 6.08. The molecule has 0 saturated heterocycles. The molecule has 0 spiro atoms. The van der Waals surface area contributed by atoms with Crippen LogP contribution in [0.1, 0.15) is 37.3 Å². The van der Waals surface area contributed by atoms with Crippen molar-refractivity contribution in [2.24, 2.45) is 0 Å². The second-order valence-electron chi connectivity index (χ2n) is 4.79. The lowest BCUT2D eigenvalue weighted by atomic mass is 10.1. The zero-order valence-electron chi connectivity index (χ0n) is 12.5. The summed E-state index contributed by atoms with van der Waals surface area (Å²) in [7, 11) is 1.74. The maximum atomic E-state index is 5.95. The molecule has 0 atom stereocenters. The highest BCUT2D eigenvalue weighted by molar-refractivity contribution is 5.40. The Morgan fingerprint density at radius 2 is 1.95 bits per heavy atom. The Hall–Kier alpha value is -1.06. The van der Waals surface area contributed by atoms with Crippen molar-refractivity contribution in [3.63, 3.8) is 0 Å². The number of ether oxygens (including phenoxy) is 2. The quantitative estimate of drug-likeness (QED) is 0.658. The highest BCUT2D eigenvalue weighted by Gasteiger charge is 2.06. The maximum Gasteiger partial charge on any atom is 0.126 e. The van der Waals surface area contributed by atoms with E-state index < -0.39 is 0 Å². The van der Waals surface area contributed by atoms with Crippen LogP contribution in [-0.4, -0.2) is 26.9 Å². The first kappa shape index (κ1) is 16.0. The highest BCUT2D eigenvalue weighted by atomic mass is 16.5. The fourth-order valence-electron chi connectivity index (χ4n) is 1.98. The molecule has 0 aliphatic rings. The van der Waals surface area contributed by atoms with Gasteiger partial charge in [-0.15, -0.1) is 0 Å². The molecule has 0 aromatic heterocycles. The van der Waals surface area contributed by atoms with Crippen LogP contribution in [0.25, 0.3) is 0 Å². The van der Waals surface area contributed by atoms with Gasteiger partial charge in [-0.3, -0.25) is 0 Å². The monoisotopic (exact) mass is 265 g/mol. The van der Waals surface area contributed by atoms with Gasteiger partial charge in [-0.2, -0.15) is 0 Å². The first-order valence-corrected chi connectivity index (χ1v) is 7.20. The van der Waals surface area contributed by atoms with Crippen molar-refractivity contribution in [2.45, 2.75) is 39.7 Å². The molecular formula is C16H27NO2. The largest absolute Gasteiger partial charge is 0.493 e. The van der Waals surface area contributed by atoms with Crippen LogP contribution in [0.3, 0.4) is 0 Å². The lowest BCUT2D eigenvalue weighted by molar-refractivity contribution is 0.184. The normalized spacial score (nSPS) is 10.7. The minimum absolute atomic E-state index is 0.759. The lowest BCUT2D eigenvalue weighted by Gasteiger charge is -2.14. The van der Waals surface area contributed by atoms with E-state index in [9.17, 15) is 0 Å².